The molecule has 0 saturated carbocycles. The summed E-state index contributed by atoms with van der Waals surface area (Å²) in [5.74, 6) is -2.77. The van der Waals surface area contributed by atoms with Gasteiger partial charge in [-0.1, -0.05) is 66.7 Å². The Morgan fingerprint density at radius 2 is 1.63 bits per heavy atom. The minimum absolute atomic E-state index is 0.0378. The topological polar surface area (TPSA) is 116 Å². The van der Waals surface area contributed by atoms with Crippen molar-refractivity contribution in [2.45, 2.75) is 51.2 Å². The third-order valence-electron chi connectivity index (χ3n) is 8.90. The van der Waals surface area contributed by atoms with Gasteiger partial charge in [-0.3, -0.25) is 34.2 Å². The second-order valence-electron chi connectivity index (χ2n) is 12.6. The molecule has 0 aliphatic carbocycles. The van der Waals surface area contributed by atoms with Gasteiger partial charge >= 0.3 is 0 Å². The first-order valence-electron chi connectivity index (χ1n) is 15.4. The number of carbonyl (C=O) groups is 5. The highest BCUT2D eigenvalue weighted by molar-refractivity contribution is 6.24. The Labute approximate surface area is 267 Å². The summed E-state index contributed by atoms with van der Waals surface area (Å²) in [4.78, 5) is 66.6. The quantitative estimate of drug-likeness (QED) is 0.266. The summed E-state index contributed by atoms with van der Waals surface area (Å²) >= 11 is 0. The molecule has 6 rings (SSSR count). The van der Waals surface area contributed by atoms with E-state index in [2.05, 4.69) is 77.2 Å². The van der Waals surface area contributed by atoms with E-state index in [1.165, 1.54) is 34.5 Å². The molecule has 1 fully saturated rings. The van der Waals surface area contributed by atoms with Gasteiger partial charge in [0.1, 0.15) is 6.04 Å². The summed E-state index contributed by atoms with van der Waals surface area (Å²) in [5.41, 5.74) is 3.10. The molecule has 2 N–H and O–H groups in total. The summed E-state index contributed by atoms with van der Waals surface area (Å²) in [5, 5.41) is 7.78. The van der Waals surface area contributed by atoms with Crippen LogP contribution >= 0.6 is 0 Å². The van der Waals surface area contributed by atoms with Crippen molar-refractivity contribution in [1.82, 2.24) is 20.4 Å². The Bertz CT molecular complexity index is 1880. The molecule has 4 aromatic rings. The van der Waals surface area contributed by atoms with E-state index >= 15 is 0 Å². The van der Waals surface area contributed by atoms with Gasteiger partial charge in [-0.15, -0.1) is 0 Å². The van der Waals surface area contributed by atoms with Crippen LogP contribution in [0, 0.1) is 0 Å². The van der Waals surface area contributed by atoms with E-state index in [1.807, 2.05) is 26.0 Å². The third-order valence-corrected chi connectivity index (χ3v) is 8.90. The fourth-order valence-corrected chi connectivity index (χ4v) is 6.28. The van der Waals surface area contributed by atoms with E-state index in [-0.39, 0.29) is 29.5 Å². The monoisotopic (exact) mass is 616 g/mol. The lowest BCUT2D eigenvalue weighted by molar-refractivity contribution is -0.136. The van der Waals surface area contributed by atoms with Gasteiger partial charge in [0.25, 0.3) is 17.7 Å². The maximum Gasteiger partial charge on any atom is 0.262 e. The van der Waals surface area contributed by atoms with E-state index in [9.17, 15) is 24.0 Å². The number of piperidine rings is 1. The highest BCUT2D eigenvalue weighted by atomic mass is 16.2. The van der Waals surface area contributed by atoms with Crippen LogP contribution in [0.5, 0.6) is 0 Å². The smallest absolute Gasteiger partial charge is 0.262 e. The number of rotatable bonds is 9. The van der Waals surface area contributed by atoms with Crippen molar-refractivity contribution >= 4 is 40.3 Å². The molecule has 1 atom stereocenters. The lowest BCUT2D eigenvalue weighted by atomic mass is 9.92. The first-order valence-corrected chi connectivity index (χ1v) is 15.4. The van der Waals surface area contributed by atoms with Crippen LogP contribution in [-0.2, 0) is 28.1 Å². The minimum Gasteiger partial charge on any atom is -0.343 e. The standard InChI is InChI=1S/C37H36N4O5/c1-37(2,27-14-11-23(12-15-27)22-40(3)20-19-25-9-6-8-24-7-4-5-10-28(24)25)39-33(43)26-13-16-29-30(21-26)36(46)41(35(29)45)31-17-18-32(42)38-34(31)44/h4-16,21,31H,17-20,22H2,1-3H3,(H,39,43)(H,38,42,44). The predicted octanol–water partition coefficient (Wildman–Crippen LogP) is 4.58. The summed E-state index contributed by atoms with van der Waals surface area (Å²) in [6.45, 7) is 5.51. The second-order valence-corrected chi connectivity index (χ2v) is 12.6. The van der Waals surface area contributed by atoms with E-state index in [1.54, 1.807) is 0 Å². The number of nitrogens with zero attached hydrogens (tertiary/aromatic N) is 2. The van der Waals surface area contributed by atoms with E-state index < -0.39 is 41.1 Å². The summed E-state index contributed by atoms with van der Waals surface area (Å²) in [6.07, 6.45) is 1.06. The van der Waals surface area contributed by atoms with Crippen molar-refractivity contribution in [2.75, 3.05) is 13.6 Å². The lowest BCUT2D eigenvalue weighted by Crippen LogP contribution is -2.54. The maximum absolute atomic E-state index is 13.3. The van der Waals surface area contributed by atoms with Crippen LogP contribution in [0.2, 0.25) is 0 Å². The average molecular weight is 617 g/mol. The van der Waals surface area contributed by atoms with E-state index in [4.69, 9.17) is 0 Å². The molecule has 0 spiro atoms. The van der Waals surface area contributed by atoms with Gasteiger partial charge in [0.05, 0.1) is 16.7 Å². The molecule has 2 aliphatic rings. The van der Waals surface area contributed by atoms with Crippen molar-refractivity contribution in [1.29, 1.82) is 0 Å². The van der Waals surface area contributed by atoms with Crippen LogP contribution in [0.4, 0.5) is 0 Å². The zero-order chi connectivity index (χ0) is 32.6. The van der Waals surface area contributed by atoms with Crippen LogP contribution < -0.4 is 10.6 Å². The van der Waals surface area contributed by atoms with E-state index in [0.29, 0.717) is 0 Å². The van der Waals surface area contributed by atoms with Gasteiger partial charge in [-0.05, 0) is 79.4 Å². The second kappa shape index (κ2) is 12.3. The van der Waals surface area contributed by atoms with Crippen molar-refractivity contribution < 1.29 is 24.0 Å². The molecule has 1 unspecified atom stereocenters. The molecule has 9 heteroatoms. The first kappa shape index (κ1) is 30.9. The third kappa shape index (κ3) is 6.06. The summed E-state index contributed by atoms with van der Waals surface area (Å²) < 4.78 is 0. The fourth-order valence-electron chi connectivity index (χ4n) is 6.28. The lowest BCUT2D eigenvalue weighted by Gasteiger charge is -2.28. The number of nitrogens with one attached hydrogen (secondary N) is 2. The Kier molecular flexibility index (Phi) is 8.27. The van der Waals surface area contributed by atoms with Gasteiger partial charge in [0, 0.05) is 25.1 Å². The molecule has 0 radical (unpaired) electrons. The summed E-state index contributed by atoms with van der Waals surface area (Å²) in [7, 11) is 2.11. The van der Waals surface area contributed by atoms with Crippen LogP contribution in [-0.4, -0.2) is 59.0 Å². The molecule has 4 aromatic carbocycles. The fraction of sp³-hybridized carbons (Fsp3) is 0.270. The normalized spacial score (nSPS) is 16.6. The van der Waals surface area contributed by atoms with Gasteiger partial charge in [0.15, 0.2) is 0 Å². The van der Waals surface area contributed by atoms with Crippen molar-refractivity contribution in [3.63, 3.8) is 0 Å². The number of imide groups is 2. The van der Waals surface area contributed by atoms with E-state index in [0.717, 1.165) is 35.5 Å². The molecule has 234 valence electrons. The SMILES string of the molecule is CN(CCc1cccc2ccccc12)Cc1ccc(C(C)(C)NC(=O)c2ccc3c(c2)C(=O)N(C2CCC(=O)NC2=O)C3=O)cc1. The number of carbonyl (C=O) groups excluding carboxylic acids is 5. The van der Waals surface area contributed by atoms with Crippen molar-refractivity contribution in [3.8, 4) is 0 Å². The zero-order valence-electron chi connectivity index (χ0n) is 26.1. The van der Waals surface area contributed by atoms with Gasteiger partial charge < -0.3 is 10.2 Å². The average Bonchev–Trinajstić information content (AvgIpc) is 3.28. The highest BCUT2D eigenvalue weighted by Gasteiger charge is 2.44. The number of benzene rings is 4. The Morgan fingerprint density at radius 3 is 2.39 bits per heavy atom. The van der Waals surface area contributed by atoms with Crippen LogP contribution in [0.25, 0.3) is 10.8 Å². The van der Waals surface area contributed by atoms with Crippen LogP contribution in [0.1, 0.15) is 74.5 Å². The van der Waals surface area contributed by atoms with Gasteiger partial charge in [0.2, 0.25) is 11.8 Å². The highest BCUT2D eigenvalue weighted by Crippen LogP contribution is 2.29. The zero-order valence-corrected chi connectivity index (χ0v) is 26.1. The van der Waals surface area contributed by atoms with Gasteiger partial charge in [-0.25, -0.2) is 0 Å². The number of hydrogen-bond donors (Lipinski definition) is 2. The minimum atomic E-state index is -1.06. The molecule has 2 aliphatic heterocycles. The largest absolute Gasteiger partial charge is 0.343 e. The molecular formula is C37H36N4O5. The first-order chi connectivity index (χ1) is 22.0. The van der Waals surface area contributed by atoms with Crippen LogP contribution in [0.15, 0.2) is 84.9 Å². The predicted molar refractivity (Wildman–Crippen MR) is 174 cm³/mol. The number of hydrogen-bond acceptors (Lipinski definition) is 6. The Hall–Kier alpha value is -5.15. The molecular weight excluding hydrogens is 580 g/mol. The summed E-state index contributed by atoms with van der Waals surface area (Å²) in [6, 6.07) is 26.3. The number of fused-ring (bicyclic) bond motifs is 2. The number of amides is 5. The van der Waals surface area contributed by atoms with Crippen molar-refractivity contribution in [3.05, 3.63) is 118 Å². The molecule has 1 saturated heterocycles. The van der Waals surface area contributed by atoms with Gasteiger partial charge in [-0.2, -0.15) is 0 Å². The maximum atomic E-state index is 13.3. The Balaban J connectivity index is 1.08. The molecule has 9 nitrogen and oxygen atoms in total. The molecule has 5 amide bonds. The molecule has 0 bridgehead atoms. The molecule has 2 heterocycles. The molecule has 46 heavy (non-hydrogen) atoms. The molecule has 0 aromatic heterocycles. The number of likely N-dealkylation sites (N-methyl/N-ethyl adjacent to an activating group) is 1. The van der Waals surface area contributed by atoms with Crippen molar-refractivity contribution in [2.24, 2.45) is 0 Å². The Morgan fingerprint density at radius 1 is 0.913 bits per heavy atom. The van der Waals surface area contributed by atoms with Crippen LogP contribution in [0.3, 0.4) is 0 Å².